The zero-order valence-electron chi connectivity index (χ0n) is 13.6. The molecule has 128 valence electrons. The number of piperidine rings is 1. The van der Waals surface area contributed by atoms with Gasteiger partial charge in [0, 0.05) is 31.0 Å². The molecule has 1 heterocycles. The number of hydrogen-bond donors (Lipinski definition) is 2. The number of rotatable bonds is 6. The van der Waals surface area contributed by atoms with Crippen molar-refractivity contribution in [1.82, 2.24) is 4.31 Å². The van der Waals surface area contributed by atoms with E-state index < -0.39 is 10.2 Å². The van der Waals surface area contributed by atoms with Crippen molar-refractivity contribution >= 4 is 21.6 Å². The van der Waals surface area contributed by atoms with Gasteiger partial charge in [0.15, 0.2) is 0 Å². The molecule has 0 spiro atoms. The lowest BCUT2D eigenvalue weighted by Gasteiger charge is -2.26. The Morgan fingerprint density at radius 1 is 0.833 bits per heavy atom. The van der Waals surface area contributed by atoms with Gasteiger partial charge >= 0.3 is 10.2 Å². The third-order valence-corrected chi connectivity index (χ3v) is 5.66. The highest BCUT2D eigenvalue weighted by Gasteiger charge is 2.23. The van der Waals surface area contributed by atoms with E-state index in [4.69, 9.17) is 0 Å². The van der Waals surface area contributed by atoms with Crippen molar-refractivity contribution in [3.05, 3.63) is 60.2 Å². The average Bonchev–Trinajstić information content (AvgIpc) is 2.62. The molecule has 0 radical (unpaired) electrons. The Balaban J connectivity index is 1.58. The maximum Gasteiger partial charge on any atom is 0.301 e. The molecule has 0 unspecified atom stereocenters. The quantitative estimate of drug-likeness (QED) is 0.843. The van der Waals surface area contributed by atoms with Gasteiger partial charge in [-0.1, -0.05) is 36.8 Å². The fraction of sp³-hybridized carbons (Fsp3) is 0.333. The number of anilines is 2. The highest BCUT2D eigenvalue weighted by Crippen LogP contribution is 2.19. The van der Waals surface area contributed by atoms with Crippen LogP contribution in [-0.2, 0) is 16.8 Å². The van der Waals surface area contributed by atoms with Crippen molar-refractivity contribution < 1.29 is 8.42 Å². The lowest BCUT2D eigenvalue weighted by atomic mass is 10.2. The van der Waals surface area contributed by atoms with E-state index in [2.05, 4.69) is 22.2 Å². The predicted molar refractivity (Wildman–Crippen MR) is 98.2 cm³/mol. The lowest BCUT2D eigenvalue weighted by Crippen LogP contribution is -2.39. The van der Waals surface area contributed by atoms with Gasteiger partial charge in [0.25, 0.3) is 0 Å². The van der Waals surface area contributed by atoms with Crippen molar-refractivity contribution in [3.63, 3.8) is 0 Å². The topological polar surface area (TPSA) is 61.4 Å². The van der Waals surface area contributed by atoms with Crippen LogP contribution in [0.2, 0.25) is 0 Å². The van der Waals surface area contributed by atoms with Crippen LogP contribution in [0.3, 0.4) is 0 Å². The lowest BCUT2D eigenvalue weighted by molar-refractivity contribution is 0.349. The van der Waals surface area contributed by atoms with Gasteiger partial charge in [-0.3, -0.25) is 4.72 Å². The molecular formula is C18H23N3O2S. The molecule has 6 heteroatoms. The summed E-state index contributed by atoms with van der Waals surface area (Å²) < 4.78 is 28.9. The Morgan fingerprint density at radius 2 is 1.46 bits per heavy atom. The van der Waals surface area contributed by atoms with Gasteiger partial charge in [-0.15, -0.1) is 0 Å². The fourth-order valence-electron chi connectivity index (χ4n) is 2.77. The first-order valence-corrected chi connectivity index (χ1v) is 9.73. The zero-order chi connectivity index (χ0) is 16.8. The predicted octanol–water partition coefficient (Wildman–Crippen LogP) is 3.44. The van der Waals surface area contributed by atoms with E-state index >= 15 is 0 Å². The van der Waals surface area contributed by atoms with Crippen molar-refractivity contribution in [2.75, 3.05) is 23.1 Å². The third kappa shape index (κ3) is 4.49. The van der Waals surface area contributed by atoms with E-state index in [0.29, 0.717) is 18.8 Å². The summed E-state index contributed by atoms with van der Waals surface area (Å²) in [5.74, 6) is 0. The largest absolute Gasteiger partial charge is 0.381 e. The minimum Gasteiger partial charge on any atom is -0.381 e. The molecule has 0 bridgehead atoms. The van der Waals surface area contributed by atoms with E-state index in [-0.39, 0.29) is 0 Å². The molecule has 1 aliphatic heterocycles. The van der Waals surface area contributed by atoms with Gasteiger partial charge in [0.05, 0.1) is 0 Å². The van der Waals surface area contributed by atoms with Crippen LogP contribution >= 0.6 is 0 Å². The van der Waals surface area contributed by atoms with Gasteiger partial charge in [-0.2, -0.15) is 12.7 Å². The molecule has 0 saturated carbocycles. The minimum absolute atomic E-state index is 0.589. The van der Waals surface area contributed by atoms with Crippen LogP contribution in [0.5, 0.6) is 0 Å². The highest BCUT2D eigenvalue weighted by molar-refractivity contribution is 7.90. The average molecular weight is 345 g/mol. The minimum atomic E-state index is -3.44. The Morgan fingerprint density at radius 3 is 2.12 bits per heavy atom. The molecule has 0 aromatic heterocycles. The second kappa shape index (κ2) is 7.68. The third-order valence-electron chi connectivity index (χ3n) is 4.13. The molecule has 1 aliphatic rings. The zero-order valence-corrected chi connectivity index (χ0v) is 14.4. The van der Waals surface area contributed by atoms with Crippen LogP contribution in [-0.4, -0.2) is 25.8 Å². The van der Waals surface area contributed by atoms with Crippen LogP contribution in [0.15, 0.2) is 54.6 Å². The van der Waals surface area contributed by atoms with Crippen molar-refractivity contribution in [1.29, 1.82) is 0 Å². The summed E-state index contributed by atoms with van der Waals surface area (Å²) in [6.07, 6.45) is 2.97. The van der Waals surface area contributed by atoms with Crippen molar-refractivity contribution in [3.8, 4) is 0 Å². The standard InChI is InChI=1S/C18H23N3O2S/c22-24(23,21-13-5-2-6-14-21)20-18-11-9-17(10-12-18)19-15-16-7-3-1-4-8-16/h1,3-4,7-12,19-20H,2,5-6,13-15H2. The number of nitrogens with zero attached hydrogens (tertiary/aromatic N) is 1. The van der Waals surface area contributed by atoms with Crippen LogP contribution < -0.4 is 10.0 Å². The summed E-state index contributed by atoms with van der Waals surface area (Å²) in [5, 5.41) is 3.33. The second-order valence-corrected chi connectivity index (χ2v) is 7.65. The molecule has 2 aromatic rings. The smallest absolute Gasteiger partial charge is 0.301 e. The summed E-state index contributed by atoms with van der Waals surface area (Å²) in [6, 6.07) is 17.5. The molecule has 1 saturated heterocycles. The van der Waals surface area contributed by atoms with E-state index in [1.165, 1.54) is 9.87 Å². The maximum absolute atomic E-state index is 12.3. The molecule has 2 N–H and O–H groups in total. The number of benzene rings is 2. The summed E-state index contributed by atoms with van der Waals surface area (Å²) in [5.41, 5.74) is 2.75. The first kappa shape index (κ1) is 16.8. The SMILES string of the molecule is O=S(=O)(Nc1ccc(NCc2ccccc2)cc1)N1CCCCC1. The van der Waals surface area contributed by atoms with E-state index in [1.54, 1.807) is 12.1 Å². The van der Waals surface area contributed by atoms with E-state index in [1.807, 2.05) is 30.3 Å². The fourth-order valence-corrected chi connectivity index (χ4v) is 4.08. The molecule has 1 fully saturated rings. The van der Waals surface area contributed by atoms with Gasteiger partial charge in [-0.25, -0.2) is 0 Å². The summed E-state index contributed by atoms with van der Waals surface area (Å²) >= 11 is 0. The second-order valence-electron chi connectivity index (χ2n) is 5.98. The van der Waals surface area contributed by atoms with Gasteiger partial charge in [-0.05, 0) is 42.7 Å². The Labute approximate surface area is 143 Å². The first-order valence-electron chi connectivity index (χ1n) is 8.29. The molecule has 24 heavy (non-hydrogen) atoms. The summed E-state index contributed by atoms with van der Waals surface area (Å²) in [7, 11) is -3.44. The maximum atomic E-state index is 12.3. The van der Waals surface area contributed by atoms with Crippen molar-refractivity contribution in [2.24, 2.45) is 0 Å². The number of nitrogens with one attached hydrogen (secondary N) is 2. The summed E-state index contributed by atoms with van der Waals surface area (Å²) in [4.78, 5) is 0. The summed E-state index contributed by atoms with van der Waals surface area (Å²) in [6.45, 7) is 1.94. The van der Waals surface area contributed by atoms with Crippen LogP contribution in [0.1, 0.15) is 24.8 Å². The normalized spacial score (nSPS) is 15.8. The van der Waals surface area contributed by atoms with E-state index in [9.17, 15) is 8.42 Å². The molecular weight excluding hydrogens is 322 g/mol. The van der Waals surface area contributed by atoms with E-state index in [0.717, 1.165) is 31.5 Å². The highest BCUT2D eigenvalue weighted by atomic mass is 32.2. The molecule has 0 aliphatic carbocycles. The van der Waals surface area contributed by atoms with Gasteiger partial charge < -0.3 is 5.32 Å². The number of hydrogen-bond acceptors (Lipinski definition) is 3. The van der Waals surface area contributed by atoms with Gasteiger partial charge in [0.1, 0.15) is 0 Å². The van der Waals surface area contributed by atoms with Crippen LogP contribution in [0.25, 0.3) is 0 Å². The van der Waals surface area contributed by atoms with Crippen molar-refractivity contribution in [2.45, 2.75) is 25.8 Å². The van der Waals surface area contributed by atoms with Crippen LogP contribution in [0, 0.1) is 0 Å². The van der Waals surface area contributed by atoms with Gasteiger partial charge in [0.2, 0.25) is 0 Å². The molecule has 5 nitrogen and oxygen atoms in total. The molecule has 2 aromatic carbocycles. The first-order chi connectivity index (χ1) is 11.6. The van der Waals surface area contributed by atoms with Crippen LogP contribution in [0.4, 0.5) is 11.4 Å². The monoisotopic (exact) mass is 345 g/mol. The Bertz CT molecular complexity index is 740. The molecule has 0 amide bonds. The molecule has 0 atom stereocenters. The Hall–Kier alpha value is -2.05. The Kier molecular flexibility index (Phi) is 5.37. The molecule has 3 rings (SSSR count).